The van der Waals surface area contributed by atoms with Crippen molar-refractivity contribution in [3.05, 3.63) is 162 Å². The maximum absolute atomic E-state index is 12.8. The van der Waals surface area contributed by atoms with Crippen LogP contribution in [-0.2, 0) is 55.9 Å². The highest BCUT2D eigenvalue weighted by molar-refractivity contribution is 5.99. The van der Waals surface area contributed by atoms with Crippen LogP contribution in [0.15, 0.2) is 71.8 Å². The molecule has 14 rings (SSSR count). The Balaban J connectivity index is 0.000000343. The number of carbonyl (C=O) groups excluding carboxylic acids is 3. The van der Waals surface area contributed by atoms with E-state index in [4.69, 9.17) is 29.4 Å². The number of ether oxygens (including phenoxy) is 2. The first kappa shape index (κ1) is 82.2. The molecule has 0 radical (unpaired) electrons. The van der Waals surface area contributed by atoms with E-state index in [0.717, 1.165) is 104 Å². The van der Waals surface area contributed by atoms with Crippen molar-refractivity contribution in [2.45, 2.75) is 238 Å². The van der Waals surface area contributed by atoms with Crippen LogP contribution in [0.2, 0.25) is 0 Å². The maximum Gasteiger partial charge on any atom is 0.303 e. The van der Waals surface area contributed by atoms with Crippen molar-refractivity contribution < 1.29 is 73.7 Å². The van der Waals surface area contributed by atoms with Crippen LogP contribution in [-0.4, -0.2) is 130 Å². The predicted octanol–water partition coefficient (Wildman–Crippen LogP) is 17.8. The molecule has 115 heavy (non-hydrogen) atoms. The molecule has 0 amide bonds. The minimum Gasteiger partial charge on any atom is -0.481 e. The molecule has 23 heteroatoms. The van der Waals surface area contributed by atoms with Gasteiger partial charge in [0, 0.05) is 111 Å². The van der Waals surface area contributed by atoms with Crippen molar-refractivity contribution in [2.24, 2.45) is 28.6 Å². The molecule has 2 saturated carbocycles. The summed E-state index contributed by atoms with van der Waals surface area (Å²) in [5.74, 6) is -2.79. The number of H-pyrrole nitrogens is 4. The van der Waals surface area contributed by atoms with Gasteiger partial charge in [-0.2, -0.15) is 0 Å². The fraction of sp³-hybridized carbons (Fsp3) is 0.446. The molecule has 6 aromatic heterocycles. The number of aliphatic hydroxyl groups is 2. The number of carbonyl (C=O) groups is 7. The van der Waals surface area contributed by atoms with Crippen LogP contribution in [0.5, 0.6) is 0 Å². The molecule has 16 bridgehead atoms. The molecule has 0 saturated heterocycles. The summed E-state index contributed by atoms with van der Waals surface area (Å²) < 4.78 is 13.1. The zero-order chi connectivity index (χ0) is 83.3. The van der Waals surface area contributed by atoms with Crippen LogP contribution >= 0.6 is 0 Å². The minimum absolute atomic E-state index is 0.0160. The molecule has 604 valence electrons. The van der Waals surface area contributed by atoms with Crippen LogP contribution in [0.25, 0.3) is 88.7 Å². The van der Waals surface area contributed by atoms with Gasteiger partial charge in [0.25, 0.3) is 0 Å². The first-order valence-electron chi connectivity index (χ1n) is 40.1. The van der Waals surface area contributed by atoms with Gasteiger partial charge in [0.2, 0.25) is 0 Å². The van der Waals surface area contributed by atoms with E-state index >= 15 is 0 Å². The molecule has 2 fully saturated rings. The topological polar surface area (TPSA) is 374 Å². The lowest BCUT2D eigenvalue weighted by Crippen LogP contribution is -2.58. The van der Waals surface area contributed by atoms with E-state index in [1.807, 2.05) is 124 Å². The number of aliphatic carboxylic acids is 4. The first-order chi connectivity index (χ1) is 54.2. The molecular weight excluding hydrogens is 1460 g/mol. The summed E-state index contributed by atoms with van der Waals surface area (Å²) in [6.45, 7) is 32.5. The van der Waals surface area contributed by atoms with E-state index in [0.29, 0.717) is 131 Å². The number of nitrogens with one attached hydrogen (secondary N) is 4. The number of Topliss-reactive ketones (excluding diaryl/α,β-unsaturated/α-hetero) is 1. The largest absolute Gasteiger partial charge is 0.481 e. The Morgan fingerprint density at radius 3 is 1.37 bits per heavy atom. The molecular formula is C92H106N8O15. The van der Waals surface area contributed by atoms with Crippen LogP contribution in [0, 0.1) is 56.3 Å². The molecule has 6 aromatic rings. The number of rotatable bonds is 20. The maximum atomic E-state index is 12.8. The molecule has 8 aliphatic rings. The Morgan fingerprint density at radius 2 is 0.887 bits per heavy atom. The quantitative estimate of drug-likeness (QED) is 0.0317. The molecule has 23 nitrogen and oxygen atoms in total. The molecule has 10 heterocycles. The van der Waals surface area contributed by atoms with Crippen LogP contribution in [0.3, 0.4) is 0 Å². The second-order valence-corrected chi connectivity index (χ2v) is 33.5. The van der Waals surface area contributed by atoms with E-state index in [9.17, 15) is 64.2 Å². The highest BCUT2D eigenvalue weighted by Crippen LogP contribution is 2.68. The smallest absolute Gasteiger partial charge is 0.303 e. The molecule has 0 aromatic carbocycles. The Hall–Kier alpha value is -10.8. The summed E-state index contributed by atoms with van der Waals surface area (Å²) in [7, 11) is 0. The third-order valence-corrected chi connectivity index (χ3v) is 26.5. The van der Waals surface area contributed by atoms with Gasteiger partial charge in [-0.1, -0.05) is 25.5 Å². The van der Waals surface area contributed by atoms with Gasteiger partial charge in [0.1, 0.15) is 0 Å². The number of fused-ring (bicyclic) bond motifs is 21. The summed E-state index contributed by atoms with van der Waals surface area (Å²) in [5.41, 5.74) is 23.6. The number of carboxylic acids is 4. The molecule has 4 unspecified atom stereocenters. The van der Waals surface area contributed by atoms with E-state index in [1.165, 1.54) is 18.1 Å². The van der Waals surface area contributed by atoms with Crippen molar-refractivity contribution in [2.75, 3.05) is 0 Å². The summed E-state index contributed by atoms with van der Waals surface area (Å²) >= 11 is 0. The number of hydrogen-bond acceptors (Lipinski definition) is 15. The molecule has 0 spiro atoms. The Bertz CT molecular complexity index is 5740. The molecule has 4 aliphatic carbocycles. The standard InChI is InChI=1S/C68H74N8O11.C24H32O4/c1-29-41(13-17-61(79)80)53-28-56-44(16-20-64(85)86)32(4)48(72-56)24-59-68(36(8)52(76-59)25-58-65(37(9)77)33(5)49(73-58)21-45(29)69-53)40(12)87-39(11)67-35(7)50-22-46-30(2)42(14-18-62(81)82)54(70-46)27-55-43(15-19-63(83)84)31(3)47(71-55)23-57-66(38(10)78)34(6)51(74-57)26-60(67)75-50;1-14-12-18-19(22(4)9-6-17(27)13-21(14)22)7-10-23(5)20(18)8-11-24(23,15(2)25)28-16(3)26/h21-28,37-40,71-73,75,77-78H,13-20H2,1-12H3,(H,79,80)(H,81,82)(H,83,84)(H,85,86);12-13,18-20H,6-11H2,1-5H3/t;18-,19+,20+,22-,23+,24+/m.1/s1. The second kappa shape index (κ2) is 31.5. The lowest BCUT2D eigenvalue weighted by molar-refractivity contribution is -0.185. The monoisotopic (exact) mass is 1560 g/mol. The third kappa shape index (κ3) is 15.0. The molecule has 10 N–H and O–H groups in total. The van der Waals surface area contributed by atoms with E-state index in [-0.39, 0.29) is 79.7 Å². The van der Waals surface area contributed by atoms with Gasteiger partial charge in [0.05, 0.1) is 70.0 Å². The summed E-state index contributed by atoms with van der Waals surface area (Å²) in [5, 5.41) is 62.2. The number of aliphatic hydroxyl groups excluding tert-OH is 2. The first-order valence-corrected chi connectivity index (χ1v) is 40.1. The van der Waals surface area contributed by atoms with Crippen LogP contribution in [0.4, 0.5) is 0 Å². The van der Waals surface area contributed by atoms with Crippen molar-refractivity contribution in [1.29, 1.82) is 0 Å². The van der Waals surface area contributed by atoms with Gasteiger partial charge in [0.15, 0.2) is 17.2 Å². The van der Waals surface area contributed by atoms with Gasteiger partial charge in [-0.15, -0.1) is 0 Å². The number of allylic oxidation sites excluding steroid dienone is 10. The zero-order valence-electron chi connectivity index (χ0n) is 68.9. The Kier molecular flexibility index (Phi) is 22.5. The van der Waals surface area contributed by atoms with Crippen LogP contribution < -0.4 is 0 Å². The third-order valence-electron chi connectivity index (χ3n) is 26.5. The van der Waals surface area contributed by atoms with Crippen LogP contribution in [0.1, 0.15) is 269 Å². The predicted molar refractivity (Wildman–Crippen MR) is 444 cm³/mol. The number of hydrogen-bond donors (Lipinski definition) is 10. The average Bonchev–Trinajstić information content (AvgIpc) is 1.62. The lowest BCUT2D eigenvalue weighted by Gasteiger charge is -2.58. The molecule has 4 aliphatic heterocycles. The fourth-order valence-corrected chi connectivity index (χ4v) is 20.5. The van der Waals surface area contributed by atoms with Gasteiger partial charge in [-0.3, -0.25) is 33.6 Å². The van der Waals surface area contributed by atoms with Crippen molar-refractivity contribution >= 4 is 130 Å². The van der Waals surface area contributed by atoms with Gasteiger partial charge in [-0.05, 0) is 305 Å². The number of nitrogens with zero attached hydrogens (tertiary/aromatic N) is 4. The van der Waals surface area contributed by atoms with Crippen molar-refractivity contribution in [1.82, 2.24) is 39.9 Å². The second-order valence-electron chi connectivity index (χ2n) is 33.5. The minimum atomic E-state index is -0.990. The zero-order valence-corrected chi connectivity index (χ0v) is 68.9. The van der Waals surface area contributed by atoms with E-state index in [2.05, 4.69) is 46.8 Å². The summed E-state index contributed by atoms with van der Waals surface area (Å²) in [6.07, 6.45) is 6.47. The number of esters is 1. The fourth-order valence-electron chi connectivity index (χ4n) is 20.5. The lowest BCUT2D eigenvalue weighted by atomic mass is 9.47. The number of carboxylic acid groups (broad SMARTS) is 4. The van der Waals surface area contributed by atoms with Gasteiger partial charge in [-0.25, -0.2) is 19.9 Å². The SMILES string of the molecule is CC(=O)O[C@]1(C(C)=O)CC[C@H]2[C@@H]3C=C(C)C4=CC(=O)CC[C@]4(C)[C@H]3CC[C@@]21C.CC1=C(CCC(=O)O)c2cc3[nH]c(cc4nc(cc5[nH]c(cc1n2)c(C)c5C(C)OC(C)C1=C(C)c2cc5[nH]c(cc6nc(cc7[nH]c(cc1n2)c(C)c7CCC(=O)O)C(CCC(=O)O)=C6C)c(C)c5C(C)O)C(C)=C4C(C)O)c(C)c3CCC(=O)O. The summed E-state index contributed by atoms with van der Waals surface area (Å²) in [6, 6.07) is 15.3. The Morgan fingerprint density at radius 1 is 0.478 bits per heavy atom. The van der Waals surface area contributed by atoms with E-state index in [1.54, 1.807) is 20.8 Å². The number of aromatic nitrogens is 8. The number of aromatic amines is 4. The molecule has 10 atom stereocenters. The van der Waals surface area contributed by atoms with Crippen molar-refractivity contribution in [3.8, 4) is 0 Å². The van der Waals surface area contributed by atoms with E-state index < -0.39 is 53.9 Å². The summed E-state index contributed by atoms with van der Waals surface area (Å²) in [4.78, 5) is 120. The highest BCUT2D eigenvalue weighted by Gasteiger charge is 2.67. The van der Waals surface area contributed by atoms with Gasteiger partial charge < -0.3 is 60.0 Å². The average molecular weight is 1560 g/mol. The number of aryl methyl sites for hydroxylation is 6. The Labute approximate surface area is 668 Å². The normalized spacial score (nSPS) is 22.2. The van der Waals surface area contributed by atoms with Crippen molar-refractivity contribution in [3.63, 3.8) is 0 Å². The number of ketones is 2. The van der Waals surface area contributed by atoms with Gasteiger partial charge >= 0.3 is 29.8 Å². The highest BCUT2D eigenvalue weighted by atomic mass is 16.6.